The molecule has 1 N–H and O–H groups in total. The predicted octanol–water partition coefficient (Wildman–Crippen LogP) is 3.77. The number of amides is 1. The molecule has 22 heavy (non-hydrogen) atoms. The van der Waals surface area contributed by atoms with Crippen LogP contribution in [0.15, 0.2) is 37.7 Å². The lowest BCUT2D eigenvalue weighted by molar-refractivity contribution is 0.0928. The van der Waals surface area contributed by atoms with Crippen LogP contribution in [0.4, 0.5) is 0 Å². The number of rotatable bonds is 4. The minimum Gasteiger partial charge on any atom is -0.451 e. The predicted molar refractivity (Wildman–Crippen MR) is 85.9 cm³/mol. The molecule has 114 valence electrons. The van der Waals surface area contributed by atoms with Crippen molar-refractivity contribution in [2.75, 3.05) is 6.54 Å². The van der Waals surface area contributed by atoms with Crippen LogP contribution in [0.5, 0.6) is 0 Å². The molecule has 0 fully saturated rings. The molecular formula is C16H15BrN2O3. The minimum atomic E-state index is -0.227. The Labute approximate surface area is 135 Å². The molecule has 0 aliphatic carbocycles. The largest absolute Gasteiger partial charge is 0.451 e. The van der Waals surface area contributed by atoms with Gasteiger partial charge in [0.05, 0.1) is 5.69 Å². The maximum absolute atomic E-state index is 12.2. The smallest absolute Gasteiger partial charge is 0.287 e. The highest BCUT2D eigenvalue weighted by molar-refractivity contribution is 9.10. The van der Waals surface area contributed by atoms with E-state index in [-0.39, 0.29) is 5.91 Å². The van der Waals surface area contributed by atoms with Gasteiger partial charge in [-0.15, -0.1) is 0 Å². The highest BCUT2D eigenvalue weighted by Crippen LogP contribution is 2.26. The maximum atomic E-state index is 12.2. The van der Waals surface area contributed by atoms with Crippen LogP contribution in [0.3, 0.4) is 0 Å². The van der Waals surface area contributed by atoms with Crippen LogP contribution in [-0.4, -0.2) is 17.6 Å². The van der Waals surface area contributed by atoms with Crippen molar-refractivity contribution in [1.82, 2.24) is 10.5 Å². The van der Waals surface area contributed by atoms with E-state index in [9.17, 15) is 4.79 Å². The lowest BCUT2D eigenvalue weighted by Gasteiger charge is -2.02. The number of nitrogens with one attached hydrogen (secondary N) is 1. The second kappa shape index (κ2) is 5.96. The molecule has 3 aromatic rings. The number of fused-ring (bicyclic) bond motifs is 1. The number of hydrogen-bond donors (Lipinski definition) is 1. The van der Waals surface area contributed by atoms with E-state index < -0.39 is 0 Å². The topological polar surface area (TPSA) is 68.3 Å². The van der Waals surface area contributed by atoms with E-state index in [2.05, 4.69) is 26.4 Å². The third-order valence-electron chi connectivity index (χ3n) is 3.57. The van der Waals surface area contributed by atoms with Gasteiger partial charge in [0.15, 0.2) is 5.76 Å². The number of carbonyl (C=O) groups is 1. The lowest BCUT2D eigenvalue weighted by Crippen LogP contribution is -2.25. The zero-order valence-electron chi connectivity index (χ0n) is 12.3. The first-order valence-corrected chi connectivity index (χ1v) is 7.73. The van der Waals surface area contributed by atoms with Gasteiger partial charge in [0.1, 0.15) is 11.3 Å². The van der Waals surface area contributed by atoms with Gasteiger partial charge in [0.25, 0.3) is 5.91 Å². The molecule has 0 aliphatic heterocycles. The molecular weight excluding hydrogens is 348 g/mol. The molecule has 1 amide bonds. The molecule has 2 aromatic heterocycles. The molecule has 0 saturated carbocycles. The van der Waals surface area contributed by atoms with Gasteiger partial charge < -0.3 is 14.3 Å². The first-order chi connectivity index (χ1) is 10.6. The van der Waals surface area contributed by atoms with Crippen LogP contribution in [0, 0.1) is 13.8 Å². The number of hydrogen-bond acceptors (Lipinski definition) is 4. The molecule has 3 rings (SSSR count). The molecule has 0 aliphatic rings. The number of benzene rings is 1. The fourth-order valence-electron chi connectivity index (χ4n) is 2.38. The van der Waals surface area contributed by atoms with E-state index in [1.54, 1.807) is 6.07 Å². The number of aryl methyl sites for hydroxylation is 2. The zero-order valence-corrected chi connectivity index (χ0v) is 13.9. The molecule has 0 radical (unpaired) electrons. The minimum absolute atomic E-state index is 0.227. The Bertz CT molecular complexity index is 816. The van der Waals surface area contributed by atoms with Crippen LogP contribution in [0.2, 0.25) is 0 Å². The Balaban J connectivity index is 1.67. The van der Waals surface area contributed by atoms with Gasteiger partial charge in [0, 0.05) is 22.0 Å². The highest BCUT2D eigenvalue weighted by Gasteiger charge is 2.14. The van der Waals surface area contributed by atoms with Crippen molar-refractivity contribution in [3.05, 3.63) is 51.5 Å². The molecule has 0 saturated heterocycles. The van der Waals surface area contributed by atoms with Gasteiger partial charge >= 0.3 is 0 Å². The van der Waals surface area contributed by atoms with Gasteiger partial charge in [-0.05, 0) is 38.5 Å². The fourth-order valence-corrected chi connectivity index (χ4v) is 2.85. The summed E-state index contributed by atoms with van der Waals surface area (Å²) in [7, 11) is 0. The number of furan rings is 1. The van der Waals surface area contributed by atoms with Gasteiger partial charge in [0.2, 0.25) is 0 Å². The quantitative estimate of drug-likeness (QED) is 0.766. The summed E-state index contributed by atoms with van der Waals surface area (Å²) in [6.07, 6.45) is 0.677. The van der Waals surface area contributed by atoms with E-state index in [0.717, 1.165) is 26.9 Å². The summed E-state index contributed by atoms with van der Waals surface area (Å²) in [5.74, 6) is 0.870. The number of halogens is 1. The van der Waals surface area contributed by atoms with Gasteiger partial charge in [-0.1, -0.05) is 27.2 Å². The normalized spacial score (nSPS) is 11.0. The van der Waals surface area contributed by atoms with Crippen LogP contribution < -0.4 is 5.32 Å². The van der Waals surface area contributed by atoms with E-state index in [1.165, 1.54) is 0 Å². The Kier molecular flexibility index (Phi) is 4.02. The van der Waals surface area contributed by atoms with Gasteiger partial charge in [-0.25, -0.2) is 0 Å². The van der Waals surface area contributed by atoms with Gasteiger partial charge in [-0.3, -0.25) is 4.79 Å². The molecule has 0 atom stereocenters. The van der Waals surface area contributed by atoms with Crippen LogP contribution in [-0.2, 0) is 6.42 Å². The average Bonchev–Trinajstić information content (AvgIpc) is 3.06. The molecule has 0 unspecified atom stereocenters. The van der Waals surface area contributed by atoms with E-state index >= 15 is 0 Å². The average molecular weight is 363 g/mol. The highest BCUT2D eigenvalue weighted by atomic mass is 79.9. The van der Waals surface area contributed by atoms with Crippen LogP contribution in [0.1, 0.15) is 27.6 Å². The molecule has 5 nitrogen and oxygen atoms in total. The molecule has 2 heterocycles. The van der Waals surface area contributed by atoms with Crippen molar-refractivity contribution in [3.63, 3.8) is 0 Å². The van der Waals surface area contributed by atoms with E-state index in [1.807, 2.05) is 32.0 Å². The van der Waals surface area contributed by atoms with Crippen molar-refractivity contribution < 1.29 is 13.7 Å². The first-order valence-electron chi connectivity index (χ1n) is 6.94. The SMILES string of the molecule is Cc1noc(C)c1CCNC(=O)c1cc2c(Br)cccc2o1. The summed E-state index contributed by atoms with van der Waals surface area (Å²) in [6.45, 7) is 4.26. The summed E-state index contributed by atoms with van der Waals surface area (Å²) in [5, 5.41) is 7.64. The summed E-state index contributed by atoms with van der Waals surface area (Å²) in [6, 6.07) is 7.36. The third-order valence-corrected chi connectivity index (χ3v) is 4.27. The van der Waals surface area contributed by atoms with Gasteiger partial charge in [-0.2, -0.15) is 0 Å². The number of carbonyl (C=O) groups excluding carboxylic acids is 1. The monoisotopic (exact) mass is 362 g/mol. The Morgan fingerprint density at radius 1 is 1.36 bits per heavy atom. The van der Waals surface area contributed by atoms with E-state index in [4.69, 9.17) is 8.94 Å². The first kappa shape index (κ1) is 14.8. The summed E-state index contributed by atoms with van der Waals surface area (Å²) in [4.78, 5) is 12.2. The molecule has 6 heteroatoms. The van der Waals surface area contributed by atoms with Crippen molar-refractivity contribution in [1.29, 1.82) is 0 Å². The second-order valence-corrected chi connectivity index (χ2v) is 5.93. The van der Waals surface area contributed by atoms with Crippen molar-refractivity contribution in [3.8, 4) is 0 Å². The molecule has 1 aromatic carbocycles. The second-order valence-electron chi connectivity index (χ2n) is 5.07. The van der Waals surface area contributed by atoms with Crippen molar-refractivity contribution >= 4 is 32.8 Å². The van der Waals surface area contributed by atoms with Crippen LogP contribution in [0.25, 0.3) is 11.0 Å². The van der Waals surface area contributed by atoms with Crippen molar-refractivity contribution in [2.45, 2.75) is 20.3 Å². The lowest BCUT2D eigenvalue weighted by atomic mass is 10.1. The Hall–Kier alpha value is -2.08. The fraction of sp³-hybridized carbons (Fsp3) is 0.250. The Morgan fingerprint density at radius 2 is 2.18 bits per heavy atom. The number of nitrogens with zero attached hydrogens (tertiary/aromatic N) is 1. The molecule has 0 spiro atoms. The Morgan fingerprint density at radius 3 is 2.86 bits per heavy atom. The van der Waals surface area contributed by atoms with Crippen molar-refractivity contribution in [2.24, 2.45) is 0 Å². The molecule has 0 bridgehead atoms. The standard InChI is InChI=1S/C16H15BrN2O3/c1-9-11(10(2)22-19-9)6-7-18-16(20)15-8-12-13(17)4-3-5-14(12)21-15/h3-5,8H,6-7H2,1-2H3,(H,18,20). The maximum Gasteiger partial charge on any atom is 0.287 e. The summed E-state index contributed by atoms with van der Waals surface area (Å²) < 4.78 is 11.6. The summed E-state index contributed by atoms with van der Waals surface area (Å²) in [5.41, 5.74) is 2.58. The zero-order chi connectivity index (χ0) is 15.7. The third kappa shape index (κ3) is 2.78. The summed E-state index contributed by atoms with van der Waals surface area (Å²) >= 11 is 3.44. The number of aromatic nitrogens is 1. The van der Waals surface area contributed by atoms with E-state index in [0.29, 0.717) is 24.3 Å². The van der Waals surface area contributed by atoms with Crippen LogP contribution >= 0.6 is 15.9 Å².